The number of thiazole rings is 1. The number of nitrogens with zero attached hydrogens (tertiary/aromatic N) is 1. The molecule has 1 aromatic rings. The molecule has 1 heterocycles. The minimum Gasteiger partial charge on any atom is -0.382 e. The Morgan fingerprint density at radius 3 is 2.89 bits per heavy atom. The van der Waals surface area contributed by atoms with Crippen LogP contribution in [0.1, 0.15) is 36.4 Å². The van der Waals surface area contributed by atoms with Gasteiger partial charge in [-0.3, -0.25) is 4.79 Å². The zero-order valence-corrected chi connectivity index (χ0v) is 12.0. The van der Waals surface area contributed by atoms with Gasteiger partial charge in [0, 0.05) is 19.2 Å². The van der Waals surface area contributed by atoms with Gasteiger partial charge in [-0.1, -0.05) is 11.3 Å². The summed E-state index contributed by atoms with van der Waals surface area (Å²) in [6.07, 6.45) is 2.03. The molecule has 1 aliphatic rings. The van der Waals surface area contributed by atoms with Crippen molar-refractivity contribution in [3.63, 3.8) is 0 Å². The van der Waals surface area contributed by atoms with E-state index in [4.69, 9.17) is 10.5 Å². The first kappa shape index (κ1) is 14.1. The summed E-state index contributed by atoms with van der Waals surface area (Å²) in [6, 6.07) is 0.188. The van der Waals surface area contributed by atoms with Crippen LogP contribution in [0.4, 0.5) is 10.9 Å². The molecule has 0 spiro atoms. The normalized spacial score (nSPS) is 21.8. The van der Waals surface area contributed by atoms with E-state index in [0.717, 1.165) is 26.0 Å². The van der Waals surface area contributed by atoms with E-state index >= 15 is 0 Å². The second-order valence-electron chi connectivity index (χ2n) is 4.48. The van der Waals surface area contributed by atoms with Crippen LogP contribution in [-0.4, -0.2) is 36.2 Å². The van der Waals surface area contributed by atoms with E-state index in [1.165, 1.54) is 11.3 Å². The molecule has 7 heteroatoms. The van der Waals surface area contributed by atoms with Gasteiger partial charge in [-0.15, -0.1) is 0 Å². The molecular formula is C12H20N4O2S. The molecule has 1 aliphatic carbocycles. The summed E-state index contributed by atoms with van der Waals surface area (Å²) in [6.45, 7) is 5.43. The molecular weight excluding hydrogens is 264 g/mol. The van der Waals surface area contributed by atoms with Crippen molar-refractivity contribution in [1.82, 2.24) is 10.3 Å². The molecule has 0 atom stereocenters. The maximum Gasteiger partial charge on any atom is 0.265 e. The summed E-state index contributed by atoms with van der Waals surface area (Å²) in [4.78, 5) is 16.7. The molecule has 4 N–H and O–H groups in total. The molecule has 0 saturated heterocycles. The average molecular weight is 284 g/mol. The molecule has 1 fully saturated rings. The third kappa shape index (κ3) is 3.36. The van der Waals surface area contributed by atoms with Crippen molar-refractivity contribution in [2.75, 3.05) is 24.2 Å². The lowest BCUT2D eigenvalue weighted by atomic mass is 9.89. The SMILES string of the molecule is CCNc1nc(N)c(C(=O)NC2CC(OCC)C2)s1. The largest absolute Gasteiger partial charge is 0.382 e. The van der Waals surface area contributed by atoms with Gasteiger partial charge in [0.1, 0.15) is 10.7 Å². The third-order valence-electron chi connectivity index (χ3n) is 3.02. The molecule has 106 valence electrons. The highest BCUT2D eigenvalue weighted by atomic mass is 32.1. The van der Waals surface area contributed by atoms with Crippen LogP contribution in [0.3, 0.4) is 0 Å². The Morgan fingerprint density at radius 1 is 1.53 bits per heavy atom. The highest BCUT2D eigenvalue weighted by Gasteiger charge is 2.31. The number of rotatable bonds is 6. The van der Waals surface area contributed by atoms with Crippen molar-refractivity contribution in [1.29, 1.82) is 0 Å². The second kappa shape index (κ2) is 6.21. The zero-order valence-electron chi connectivity index (χ0n) is 11.2. The zero-order chi connectivity index (χ0) is 13.8. The van der Waals surface area contributed by atoms with Gasteiger partial charge < -0.3 is 21.1 Å². The number of hydrogen-bond donors (Lipinski definition) is 3. The van der Waals surface area contributed by atoms with Gasteiger partial charge >= 0.3 is 0 Å². The molecule has 0 aliphatic heterocycles. The van der Waals surface area contributed by atoms with Gasteiger partial charge in [-0.05, 0) is 26.7 Å². The predicted octanol–water partition coefficient (Wildman–Crippen LogP) is 1.45. The number of ether oxygens (including phenoxy) is 1. The topological polar surface area (TPSA) is 89.3 Å². The molecule has 0 bridgehead atoms. The fraction of sp³-hybridized carbons (Fsp3) is 0.667. The number of anilines is 2. The molecule has 1 amide bonds. The van der Waals surface area contributed by atoms with E-state index in [0.29, 0.717) is 15.8 Å². The van der Waals surface area contributed by atoms with Crippen LogP contribution in [0.25, 0.3) is 0 Å². The molecule has 0 unspecified atom stereocenters. The minimum atomic E-state index is -0.140. The number of nitrogens with two attached hydrogens (primary N) is 1. The van der Waals surface area contributed by atoms with E-state index in [1.54, 1.807) is 0 Å². The lowest BCUT2D eigenvalue weighted by Gasteiger charge is -2.35. The Morgan fingerprint density at radius 2 is 2.26 bits per heavy atom. The number of nitrogen functional groups attached to an aromatic ring is 1. The summed E-state index contributed by atoms with van der Waals surface area (Å²) in [5.41, 5.74) is 5.76. The van der Waals surface area contributed by atoms with Gasteiger partial charge in [-0.25, -0.2) is 4.98 Å². The predicted molar refractivity (Wildman–Crippen MR) is 76.6 cm³/mol. The van der Waals surface area contributed by atoms with Gasteiger partial charge in [0.15, 0.2) is 5.13 Å². The first-order valence-corrected chi connectivity index (χ1v) is 7.38. The Hall–Kier alpha value is -1.34. The molecule has 19 heavy (non-hydrogen) atoms. The highest BCUT2D eigenvalue weighted by Crippen LogP contribution is 2.27. The Labute approximate surface area is 116 Å². The molecule has 0 aromatic carbocycles. The van der Waals surface area contributed by atoms with Crippen LogP contribution in [0, 0.1) is 0 Å². The smallest absolute Gasteiger partial charge is 0.265 e. The van der Waals surface area contributed by atoms with E-state index < -0.39 is 0 Å². The maximum absolute atomic E-state index is 12.1. The van der Waals surface area contributed by atoms with Crippen LogP contribution >= 0.6 is 11.3 Å². The molecule has 6 nitrogen and oxygen atoms in total. The number of hydrogen-bond acceptors (Lipinski definition) is 6. The summed E-state index contributed by atoms with van der Waals surface area (Å²) in [5.74, 6) is 0.151. The van der Waals surface area contributed by atoms with Gasteiger partial charge in [-0.2, -0.15) is 0 Å². The maximum atomic E-state index is 12.1. The van der Waals surface area contributed by atoms with Crippen molar-refractivity contribution in [3.05, 3.63) is 4.88 Å². The minimum absolute atomic E-state index is 0.140. The first-order valence-electron chi connectivity index (χ1n) is 6.56. The van der Waals surface area contributed by atoms with Crippen LogP contribution in [0.15, 0.2) is 0 Å². The summed E-state index contributed by atoms with van der Waals surface area (Å²) in [7, 11) is 0. The Bertz CT molecular complexity index is 443. The van der Waals surface area contributed by atoms with E-state index in [-0.39, 0.29) is 18.1 Å². The molecule has 1 aromatic heterocycles. The van der Waals surface area contributed by atoms with Crippen molar-refractivity contribution in [2.24, 2.45) is 0 Å². The summed E-state index contributed by atoms with van der Waals surface area (Å²) < 4.78 is 5.46. The van der Waals surface area contributed by atoms with Crippen LogP contribution in [0.5, 0.6) is 0 Å². The highest BCUT2D eigenvalue weighted by molar-refractivity contribution is 7.18. The van der Waals surface area contributed by atoms with Gasteiger partial charge in [0.2, 0.25) is 0 Å². The number of nitrogens with one attached hydrogen (secondary N) is 2. The van der Waals surface area contributed by atoms with Crippen LogP contribution in [0.2, 0.25) is 0 Å². The van der Waals surface area contributed by atoms with Crippen molar-refractivity contribution >= 4 is 28.2 Å². The second-order valence-corrected chi connectivity index (χ2v) is 5.48. The Balaban J connectivity index is 1.87. The van der Waals surface area contributed by atoms with Gasteiger partial charge in [0.25, 0.3) is 5.91 Å². The van der Waals surface area contributed by atoms with Crippen molar-refractivity contribution in [2.45, 2.75) is 38.8 Å². The summed E-state index contributed by atoms with van der Waals surface area (Å²) in [5, 5.41) is 6.70. The van der Waals surface area contributed by atoms with E-state index in [1.807, 2.05) is 13.8 Å². The molecule has 1 saturated carbocycles. The third-order valence-corrected chi connectivity index (χ3v) is 4.05. The van der Waals surface area contributed by atoms with E-state index in [9.17, 15) is 4.79 Å². The molecule has 0 radical (unpaired) electrons. The summed E-state index contributed by atoms with van der Waals surface area (Å²) >= 11 is 1.29. The number of carbonyl (C=O) groups excluding carboxylic acids is 1. The number of carbonyl (C=O) groups is 1. The lowest BCUT2D eigenvalue weighted by molar-refractivity contribution is -0.00858. The molecule has 2 rings (SSSR count). The fourth-order valence-electron chi connectivity index (χ4n) is 2.03. The quantitative estimate of drug-likeness (QED) is 0.736. The Kier molecular flexibility index (Phi) is 4.60. The lowest BCUT2D eigenvalue weighted by Crippen LogP contribution is -2.47. The van der Waals surface area contributed by atoms with E-state index in [2.05, 4.69) is 15.6 Å². The monoisotopic (exact) mass is 284 g/mol. The van der Waals surface area contributed by atoms with Crippen LogP contribution in [-0.2, 0) is 4.74 Å². The van der Waals surface area contributed by atoms with Gasteiger partial charge in [0.05, 0.1) is 6.10 Å². The van der Waals surface area contributed by atoms with Crippen molar-refractivity contribution < 1.29 is 9.53 Å². The average Bonchev–Trinajstić information content (AvgIpc) is 2.68. The standard InChI is InChI=1S/C12H20N4O2S/c1-3-14-12-16-10(13)9(19-12)11(17)15-7-5-8(6-7)18-4-2/h7-8H,3-6,13H2,1-2H3,(H,14,16)(H,15,17). The number of aromatic nitrogens is 1. The van der Waals surface area contributed by atoms with Crippen LogP contribution < -0.4 is 16.4 Å². The number of amides is 1. The first-order chi connectivity index (χ1) is 9.13. The van der Waals surface area contributed by atoms with Crippen molar-refractivity contribution in [3.8, 4) is 0 Å². The fourth-order valence-corrected chi connectivity index (χ4v) is 2.88.